The number of carbonyl (C=O) groups is 1. The normalized spacial score (nSPS) is 16.8. The van der Waals surface area contributed by atoms with E-state index in [0.29, 0.717) is 0 Å². The van der Waals surface area contributed by atoms with Crippen molar-refractivity contribution in [3.05, 3.63) is 62.4 Å². The molecule has 5 nitrogen and oxygen atoms in total. The van der Waals surface area contributed by atoms with Crippen LogP contribution in [0.3, 0.4) is 0 Å². The predicted molar refractivity (Wildman–Crippen MR) is 122 cm³/mol. The number of likely N-dealkylation sites (tertiary alicyclic amines) is 1. The number of piperidine rings is 1. The highest BCUT2D eigenvalue weighted by molar-refractivity contribution is 7.16. The van der Waals surface area contributed by atoms with Gasteiger partial charge in [0.15, 0.2) is 0 Å². The summed E-state index contributed by atoms with van der Waals surface area (Å²) in [7, 11) is 0. The number of aromatic nitrogens is 3. The molecule has 0 bridgehead atoms. The predicted octanol–water partition coefficient (Wildman–Crippen LogP) is 5.51. The summed E-state index contributed by atoms with van der Waals surface area (Å²) in [6.45, 7) is 8.94. The smallest absolute Gasteiger partial charge is 0.266 e. The fourth-order valence-corrected chi connectivity index (χ4v) is 5.38. The van der Waals surface area contributed by atoms with E-state index in [2.05, 4.69) is 13.8 Å². The van der Waals surface area contributed by atoms with Crippen LogP contribution in [0.2, 0.25) is 5.02 Å². The van der Waals surface area contributed by atoms with Gasteiger partial charge in [0.1, 0.15) is 4.88 Å². The lowest BCUT2D eigenvalue weighted by Crippen LogP contribution is -2.41. The number of aryl methyl sites for hydroxylation is 2. The highest BCUT2D eigenvalue weighted by Gasteiger charge is 2.28. The maximum absolute atomic E-state index is 13.2. The second kappa shape index (κ2) is 8.52. The van der Waals surface area contributed by atoms with Crippen LogP contribution >= 0.6 is 22.9 Å². The Bertz CT molecular complexity index is 1090. The summed E-state index contributed by atoms with van der Waals surface area (Å²) in [5.41, 5.74) is 4.99. The second-order valence-corrected chi connectivity index (χ2v) is 9.47. The Morgan fingerprint density at radius 3 is 2.70 bits per heavy atom. The van der Waals surface area contributed by atoms with Gasteiger partial charge in [-0.15, -0.1) is 0 Å². The van der Waals surface area contributed by atoms with Gasteiger partial charge in [0.25, 0.3) is 5.91 Å². The minimum atomic E-state index is 0.0984. The number of thiazole rings is 1. The lowest BCUT2D eigenvalue weighted by Gasteiger charge is -2.33. The third-order valence-corrected chi connectivity index (χ3v) is 7.48. The third-order valence-electron chi connectivity index (χ3n) is 5.99. The van der Waals surface area contributed by atoms with Gasteiger partial charge in [0.05, 0.1) is 11.4 Å². The van der Waals surface area contributed by atoms with Crippen LogP contribution in [0.1, 0.15) is 64.1 Å². The Balaban J connectivity index is 1.65. The molecule has 1 unspecified atom stereocenters. The van der Waals surface area contributed by atoms with Gasteiger partial charge in [-0.2, -0.15) is 5.10 Å². The molecule has 1 saturated heterocycles. The largest absolute Gasteiger partial charge is 0.335 e. The average Bonchev–Trinajstić information content (AvgIpc) is 3.24. The molecule has 7 heteroatoms. The monoisotopic (exact) mass is 442 g/mol. The van der Waals surface area contributed by atoms with Crippen LogP contribution in [0.25, 0.3) is 5.13 Å². The molecule has 3 aromatic rings. The zero-order valence-corrected chi connectivity index (χ0v) is 19.5. The number of carbonyl (C=O) groups excluding carboxylic acids is 1. The topological polar surface area (TPSA) is 51.0 Å². The van der Waals surface area contributed by atoms with Gasteiger partial charge in [-0.1, -0.05) is 41.1 Å². The Hall–Kier alpha value is -2.18. The number of amides is 1. The fraction of sp³-hybridized carbons (Fsp3) is 0.435. The van der Waals surface area contributed by atoms with Crippen molar-refractivity contribution < 1.29 is 4.79 Å². The molecule has 0 radical (unpaired) electrons. The summed E-state index contributed by atoms with van der Waals surface area (Å²) in [6.07, 6.45) is 4.06. The molecule has 0 saturated carbocycles. The van der Waals surface area contributed by atoms with E-state index in [1.165, 1.54) is 17.8 Å². The molecule has 1 amide bonds. The van der Waals surface area contributed by atoms with Crippen LogP contribution in [0, 0.1) is 20.8 Å². The van der Waals surface area contributed by atoms with Gasteiger partial charge in [0, 0.05) is 35.3 Å². The van der Waals surface area contributed by atoms with E-state index >= 15 is 0 Å². The summed E-state index contributed by atoms with van der Waals surface area (Å²) in [5, 5.41) is 6.25. The molecule has 1 aliphatic rings. The van der Waals surface area contributed by atoms with E-state index in [-0.39, 0.29) is 11.9 Å². The van der Waals surface area contributed by atoms with Crippen LogP contribution < -0.4 is 0 Å². The number of halogens is 1. The third kappa shape index (κ3) is 3.91. The Labute approximate surface area is 186 Å². The molecular formula is C23H27ClN4OS. The molecule has 1 aliphatic heterocycles. The molecule has 0 N–H and O–H groups in total. The standard InChI is InChI=1S/C23H27ClN4OS/c1-14-9-7-8-12-27(14)22(29)21-16(3)25-23(30-21)28-17(4)19(15(2)26-28)13-18-10-5-6-11-20(18)24/h5-6,10-11,14H,7-9,12-13H2,1-4H3. The van der Waals surface area contributed by atoms with Crippen molar-refractivity contribution in [2.24, 2.45) is 0 Å². The van der Waals surface area contributed by atoms with Crippen LogP contribution in [-0.4, -0.2) is 38.2 Å². The molecule has 158 valence electrons. The fourth-order valence-electron chi connectivity index (χ4n) is 4.15. The van der Waals surface area contributed by atoms with Crippen molar-refractivity contribution in [3.8, 4) is 5.13 Å². The molecular weight excluding hydrogens is 416 g/mol. The van der Waals surface area contributed by atoms with E-state index in [1.807, 2.05) is 47.7 Å². The van der Waals surface area contributed by atoms with Gasteiger partial charge in [0.2, 0.25) is 5.13 Å². The highest BCUT2D eigenvalue weighted by atomic mass is 35.5. The van der Waals surface area contributed by atoms with Crippen LogP contribution in [0.4, 0.5) is 0 Å². The maximum Gasteiger partial charge on any atom is 0.266 e. The molecule has 3 heterocycles. The van der Waals surface area contributed by atoms with E-state index < -0.39 is 0 Å². The van der Waals surface area contributed by atoms with Crippen LogP contribution in [-0.2, 0) is 6.42 Å². The Morgan fingerprint density at radius 2 is 1.97 bits per heavy atom. The molecule has 30 heavy (non-hydrogen) atoms. The van der Waals surface area contributed by atoms with Crippen molar-refractivity contribution in [3.63, 3.8) is 0 Å². The van der Waals surface area contributed by atoms with Gasteiger partial charge >= 0.3 is 0 Å². The van der Waals surface area contributed by atoms with Crippen molar-refractivity contribution in [2.45, 2.75) is 59.4 Å². The summed E-state index contributed by atoms with van der Waals surface area (Å²) in [4.78, 5) is 20.6. The number of rotatable bonds is 4. The van der Waals surface area contributed by atoms with E-state index in [1.54, 1.807) is 0 Å². The molecule has 1 atom stereocenters. The molecule has 0 spiro atoms. The van der Waals surface area contributed by atoms with Crippen LogP contribution in [0.5, 0.6) is 0 Å². The summed E-state index contributed by atoms with van der Waals surface area (Å²) >= 11 is 7.80. The number of hydrogen-bond acceptors (Lipinski definition) is 4. The highest BCUT2D eigenvalue weighted by Crippen LogP contribution is 2.29. The molecule has 4 rings (SSSR count). The molecule has 1 fully saturated rings. The first kappa shape index (κ1) is 21.1. The van der Waals surface area contributed by atoms with Gasteiger partial charge in [-0.05, 0) is 58.6 Å². The van der Waals surface area contributed by atoms with E-state index in [0.717, 1.165) is 69.0 Å². The molecule has 0 aliphatic carbocycles. The first-order chi connectivity index (χ1) is 14.4. The number of benzene rings is 1. The second-order valence-electron chi connectivity index (χ2n) is 8.08. The van der Waals surface area contributed by atoms with Gasteiger partial charge in [-0.3, -0.25) is 4.79 Å². The lowest BCUT2D eigenvalue weighted by atomic mass is 10.0. The van der Waals surface area contributed by atoms with Gasteiger partial charge < -0.3 is 4.90 Å². The first-order valence-electron chi connectivity index (χ1n) is 10.4. The summed E-state index contributed by atoms with van der Waals surface area (Å²) < 4.78 is 1.87. The van der Waals surface area contributed by atoms with Gasteiger partial charge in [-0.25, -0.2) is 9.67 Å². The number of hydrogen-bond donors (Lipinski definition) is 0. The number of nitrogens with zero attached hydrogens (tertiary/aromatic N) is 4. The summed E-state index contributed by atoms with van der Waals surface area (Å²) in [5.74, 6) is 0.0984. The van der Waals surface area contributed by atoms with E-state index in [9.17, 15) is 4.79 Å². The minimum absolute atomic E-state index is 0.0984. The minimum Gasteiger partial charge on any atom is -0.335 e. The maximum atomic E-state index is 13.2. The molecule has 1 aromatic carbocycles. The van der Waals surface area contributed by atoms with Crippen LogP contribution in [0.15, 0.2) is 24.3 Å². The van der Waals surface area contributed by atoms with Crippen molar-refractivity contribution in [1.82, 2.24) is 19.7 Å². The van der Waals surface area contributed by atoms with Crippen molar-refractivity contribution in [1.29, 1.82) is 0 Å². The van der Waals surface area contributed by atoms with E-state index in [4.69, 9.17) is 21.7 Å². The first-order valence-corrected chi connectivity index (χ1v) is 11.6. The average molecular weight is 443 g/mol. The quantitative estimate of drug-likeness (QED) is 0.535. The van der Waals surface area contributed by atoms with Crippen molar-refractivity contribution >= 4 is 28.8 Å². The Morgan fingerprint density at radius 1 is 1.20 bits per heavy atom. The zero-order valence-electron chi connectivity index (χ0n) is 17.9. The SMILES string of the molecule is Cc1nc(-n2nc(C)c(Cc3ccccc3Cl)c2C)sc1C(=O)N1CCCCC1C. The lowest BCUT2D eigenvalue weighted by molar-refractivity contribution is 0.0639. The molecule has 2 aromatic heterocycles. The zero-order chi connectivity index (χ0) is 21.4. The van der Waals surface area contributed by atoms with Crippen molar-refractivity contribution in [2.75, 3.05) is 6.54 Å². The Kier molecular flexibility index (Phi) is 5.98. The summed E-state index contributed by atoms with van der Waals surface area (Å²) in [6, 6.07) is 8.18.